The first kappa shape index (κ1) is 13.8. The van der Waals surface area contributed by atoms with Crippen LogP contribution >= 0.6 is 11.8 Å². The molecule has 2 unspecified atom stereocenters. The maximum atomic E-state index is 6.05. The van der Waals surface area contributed by atoms with Crippen LogP contribution in [0.3, 0.4) is 0 Å². The molecule has 18 heavy (non-hydrogen) atoms. The second-order valence-corrected chi connectivity index (χ2v) is 7.15. The van der Waals surface area contributed by atoms with Gasteiger partial charge >= 0.3 is 0 Å². The highest BCUT2D eigenvalue weighted by Crippen LogP contribution is 2.29. The van der Waals surface area contributed by atoms with Crippen molar-refractivity contribution in [3.05, 3.63) is 29.8 Å². The Hall–Kier alpha value is -0.670. The van der Waals surface area contributed by atoms with Crippen molar-refractivity contribution in [2.24, 2.45) is 5.73 Å². The van der Waals surface area contributed by atoms with Gasteiger partial charge in [0.25, 0.3) is 0 Å². The smallest absolute Gasteiger partial charge is 0.0367 e. The van der Waals surface area contributed by atoms with Crippen LogP contribution in [0.5, 0.6) is 0 Å². The van der Waals surface area contributed by atoms with Gasteiger partial charge in [-0.15, -0.1) is 0 Å². The number of nitrogens with zero attached hydrogens (tertiary/aromatic N) is 1. The number of hydrogen-bond acceptors (Lipinski definition) is 3. The molecule has 1 fully saturated rings. The van der Waals surface area contributed by atoms with Gasteiger partial charge in [-0.1, -0.05) is 32.9 Å². The molecule has 1 saturated heterocycles. The molecule has 0 aromatic heterocycles. The molecule has 2 rings (SSSR count). The predicted molar refractivity (Wildman–Crippen MR) is 82.4 cm³/mol. The summed E-state index contributed by atoms with van der Waals surface area (Å²) in [5.41, 5.74) is 8.63. The first-order valence-electron chi connectivity index (χ1n) is 6.86. The number of anilines is 1. The van der Waals surface area contributed by atoms with Crippen molar-refractivity contribution in [3.8, 4) is 0 Å². The van der Waals surface area contributed by atoms with Gasteiger partial charge in [0.15, 0.2) is 0 Å². The molecule has 1 heterocycles. The van der Waals surface area contributed by atoms with E-state index in [9.17, 15) is 0 Å². The van der Waals surface area contributed by atoms with E-state index in [1.54, 1.807) is 0 Å². The number of benzene rings is 1. The van der Waals surface area contributed by atoms with Crippen LogP contribution in [0.25, 0.3) is 0 Å². The van der Waals surface area contributed by atoms with Crippen molar-refractivity contribution < 1.29 is 0 Å². The molecule has 0 bridgehead atoms. The van der Waals surface area contributed by atoms with Gasteiger partial charge in [0.2, 0.25) is 0 Å². The molecule has 1 aromatic rings. The van der Waals surface area contributed by atoms with Crippen molar-refractivity contribution in [1.82, 2.24) is 0 Å². The Kier molecular flexibility index (Phi) is 4.57. The van der Waals surface area contributed by atoms with Gasteiger partial charge in [0.05, 0.1) is 0 Å². The summed E-state index contributed by atoms with van der Waals surface area (Å²) in [4.78, 5) is 2.49. The molecule has 100 valence electrons. The minimum atomic E-state index is 0.175. The number of hydrogen-bond donors (Lipinski definition) is 1. The fourth-order valence-corrected chi connectivity index (χ4v) is 3.88. The summed E-state index contributed by atoms with van der Waals surface area (Å²) in [5.74, 6) is 0. The average molecular weight is 264 g/mol. The van der Waals surface area contributed by atoms with E-state index < -0.39 is 0 Å². The Bertz CT molecular complexity index is 367. The minimum Gasteiger partial charge on any atom is -0.369 e. The minimum absolute atomic E-state index is 0.175. The second-order valence-electron chi connectivity index (χ2n) is 5.27. The van der Waals surface area contributed by atoms with Crippen LogP contribution in [0.2, 0.25) is 0 Å². The van der Waals surface area contributed by atoms with Crippen molar-refractivity contribution in [3.63, 3.8) is 0 Å². The highest BCUT2D eigenvalue weighted by atomic mass is 32.2. The van der Waals surface area contributed by atoms with E-state index in [4.69, 9.17) is 5.73 Å². The Labute approximate surface area is 115 Å². The van der Waals surface area contributed by atoms with Crippen LogP contribution in [0, 0.1) is 0 Å². The largest absolute Gasteiger partial charge is 0.369 e. The van der Waals surface area contributed by atoms with Gasteiger partial charge in [-0.2, -0.15) is 11.8 Å². The number of thioether (sulfide) groups is 1. The Morgan fingerprint density at radius 2 is 1.78 bits per heavy atom. The van der Waals surface area contributed by atoms with Gasteiger partial charge < -0.3 is 10.6 Å². The molecule has 1 aliphatic heterocycles. The molecule has 0 amide bonds. The summed E-state index contributed by atoms with van der Waals surface area (Å²) in [6.45, 7) is 9.05. The fraction of sp³-hybridized carbons (Fsp3) is 0.600. The van der Waals surface area contributed by atoms with E-state index >= 15 is 0 Å². The maximum Gasteiger partial charge on any atom is 0.0367 e. The van der Waals surface area contributed by atoms with Crippen molar-refractivity contribution >= 4 is 17.4 Å². The van der Waals surface area contributed by atoms with Crippen LogP contribution in [0.1, 0.15) is 38.8 Å². The summed E-state index contributed by atoms with van der Waals surface area (Å²) < 4.78 is 0. The Morgan fingerprint density at radius 3 is 2.28 bits per heavy atom. The molecule has 3 atom stereocenters. The molecule has 2 nitrogen and oxygen atoms in total. The Balaban J connectivity index is 2.09. The summed E-state index contributed by atoms with van der Waals surface area (Å²) in [5, 5.41) is 1.43. The lowest BCUT2D eigenvalue weighted by atomic mass is 10.0. The second kappa shape index (κ2) is 5.98. The zero-order valence-electron chi connectivity index (χ0n) is 11.6. The molecule has 0 radical (unpaired) electrons. The fourth-order valence-electron chi connectivity index (χ4n) is 2.56. The topological polar surface area (TPSA) is 29.3 Å². The highest BCUT2D eigenvalue weighted by Gasteiger charge is 2.22. The third-order valence-electron chi connectivity index (χ3n) is 3.55. The van der Waals surface area contributed by atoms with E-state index in [2.05, 4.69) is 61.7 Å². The average Bonchev–Trinajstić information content (AvgIpc) is 2.37. The summed E-state index contributed by atoms with van der Waals surface area (Å²) in [7, 11) is 0. The van der Waals surface area contributed by atoms with Crippen molar-refractivity contribution in [1.29, 1.82) is 0 Å². The molecule has 0 spiro atoms. The summed E-state index contributed by atoms with van der Waals surface area (Å²) >= 11 is 2.09. The highest BCUT2D eigenvalue weighted by molar-refractivity contribution is 8.00. The van der Waals surface area contributed by atoms with Crippen molar-refractivity contribution in [2.45, 2.75) is 43.7 Å². The molecule has 0 aliphatic carbocycles. The molecular formula is C15H24N2S. The SMILES string of the molecule is CC[C@@H](N)c1ccc(N2CC(C)SC(C)C2)cc1. The summed E-state index contributed by atoms with van der Waals surface area (Å²) in [6, 6.07) is 8.98. The quantitative estimate of drug-likeness (QED) is 0.907. The zero-order chi connectivity index (χ0) is 13.1. The molecule has 1 aromatic carbocycles. The van der Waals surface area contributed by atoms with Gasteiger partial charge in [0.1, 0.15) is 0 Å². The van der Waals surface area contributed by atoms with E-state index in [0.29, 0.717) is 10.5 Å². The van der Waals surface area contributed by atoms with Gasteiger partial charge in [0, 0.05) is 35.3 Å². The standard InChI is InChI=1S/C15H24N2S/c1-4-15(16)13-5-7-14(8-6-13)17-9-11(2)18-12(3)10-17/h5-8,11-12,15H,4,9-10,16H2,1-3H3/t11?,12?,15-/m1/s1. The van der Waals surface area contributed by atoms with Crippen LogP contribution in [0.15, 0.2) is 24.3 Å². The van der Waals surface area contributed by atoms with E-state index in [1.165, 1.54) is 11.3 Å². The lowest BCUT2D eigenvalue weighted by Gasteiger charge is -2.36. The third-order valence-corrected chi connectivity index (χ3v) is 4.77. The van der Waals surface area contributed by atoms with Crippen LogP contribution < -0.4 is 10.6 Å². The Morgan fingerprint density at radius 1 is 1.22 bits per heavy atom. The van der Waals surface area contributed by atoms with E-state index in [0.717, 1.165) is 19.5 Å². The van der Waals surface area contributed by atoms with E-state index in [1.807, 2.05) is 0 Å². The number of rotatable bonds is 3. The van der Waals surface area contributed by atoms with Crippen molar-refractivity contribution in [2.75, 3.05) is 18.0 Å². The molecule has 0 saturated carbocycles. The molecular weight excluding hydrogens is 240 g/mol. The van der Waals surface area contributed by atoms with Gasteiger partial charge in [-0.25, -0.2) is 0 Å². The first-order chi connectivity index (χ1) is 8.60. The third kappa shape index (κ3) is 3.21. The first-order valence-corrected chi connectivity index (χ1v) is 7.80. The molecule has 1 aliphatic rings. The lowest BCUT2D eigenvalue weighted by molar-refractivity contribution is 0.697. The normalized spacial score (nSPS) is 26.1. The van der Waals surface area contributed by atoms with Crippen LogP contribution in [0.4, 0.5) is 5.69 Å². The lowest BCUT2D eigenvalue weighted by Crippen LogP contribution is -2.40. The van der Waals surface area contributed by atoms with Crippen LogP contribution in [-0.2, 0) is 0 Å². The van der Waals surface area contributed by atoms with Gasteiger partial charge in [-0.3, -0.25) is 0 Å². The number of nitrogens with two attached hydrogens (primary N) is 1. The predicted octanol–water partition coefficient (Wildman–Crippen LogP) is 3.43. The van der Waals surface area contributed by atoms with Gasteiger partial charge in [-0.05, 0) is 24.1 Å². The molecule has 2 N–H and O–H groups in total. The molecule has 3 heteroatoms. The van der Waals surface area contributed by atoms with Crippen LogP contribution in [-0.4, -0.2) is 23.6 Å². The maximum absolute atomic E-state index is 6.05. The monoisotopic (exact) mass is 264 g/mol. The summed E-state index contributed by atoms with van der Waals surface area (Å²) in [6.07, 6.45) is 0.994. The van der Waals surface area contributed by atoms with E-state index in [-0.39, 0.29) is 6.04 Å². The zero-order valence-corrected chi connectivity index (χ0v) is 12.4.